The molecule has 0 radical (unpaired) electrons. The molecule has 0 amide bonds. The van der Waals surface area contributed by atoms with Crippen LogP contribution in [0.25, 0.3) is 6.08 Å². The normalized spacial score (nSPS) is 26.9. The van der Waals surface area contributed by atoms with E-state index in [1.807, 2.05) is 0 Å². The molecule has 0 spiro atoms. The predicted molar refractivity (Wildman–Crippen MR) is 110 cm³/mol. The van der Waals surface area contributed by atoms with Gasteiger partial charge in [-0.2, -0.15) is 0 Å². The van der Waals surface area contributed by atoms with E-state index in [2.05, 4.69) is 70.4 Å². The van der Waals surface area contributed by atoms with Crippen LogP contribution in [-0.2, 0) is 11.2 Å². The first kappa shape index (κ1) is 16.8. The summed E-state index contributed by atoms with van der Waals surface area (Å²) in [6.45, 7) is 3.35. The van der Waals surface area contributed by atoms with Crippen LogP contribution in [0.3, 0.4) is 0 Å². The Morgan fingerprint density at radius 3 is 2.89 bits per heavy atom. The van der Waals surface area contributed by atoms with E-state index in [9.17, 15) is 0 Å². The summed E-state index contributed by atoms with van der Waals surface area (Å²) in [7, 11) is 0. The van der Waals surface area contributed by atoms with Gasteiger partial charge in [0, 0.05) is 30.4 Å². The fraction of sp³-hybridized carbons (Fsp3) is 0.364. The molecule has 2 aliphatic heterocycles. The van der Waals surface area contributed by atoms with Gasteiger partial charge < -0.3 is 21.2 Å². The van der Waals surface area contributed by atoms with Gasteiger partial charge in [-0.25, -0.2) is 5.01 Å². The van der Waals surface area contributed by atoms with Gasteiger partial charge in [0.2, 0.25) is 0 Å². The van der Waals surface area contributed by atoms with Gasteiger partial charge in [0.1, 0.15) is 5.66 Å². The Labute approximate surface area is 160 Å². The molecule has 2 aromatic carbocycles. The van der Waals surface area contributed by atoms with Gasteiger partial charge in [0.05, 0.1) is 13.2 Å². The predicted octanol–water partition coefficient (Wildman–Crippen LogP) is 3.17. The van der Waals surface area contributed by atoms with E-state index in [4.69, 9.17) is 10.5 Å². The molecule has 1 unspecified atom stereocenters. The van der Waals surface area contributed by atoms with Gasteiger partial charge in [0.15, 0.2) is 0 Å². The zero-order valence-corrected chi connectivity index (χ0v) is 15.4. The van der Waals surface area contributed by atoms with Crippen LogP contribution in [0.5, 0.6) is 0 Å². The topological polar surface area (TPSA) is 62.5 Å². The maximum absolute atomic E-state index is 6.85. The van der Waals surface area contributed by atoms with E-state index in [0.717, 1.165) is 50.5 Å². The van der Waals surface area contributed by atoms with Crippen molar-refractivity contribution in [2.45, 2.75) is 24.4 Å². The Morgan fingerprint density at radius 1 is 1.15 bits per heavy atom. The Kier molecular flexibility index (Phi) is 4.16. The molecular formula is C22H26N4O. The van der Waals surface area contributed by atoms with E-state index < -0.39 is 5.66 Å². The number of ether oxygens (including phenoxy) is 1. The largest absolute Gasteiger partial charge is 0.379 e. The summed E-state index contributed by atoms with van der Waals surface area (Å²) in [5, 5.41) is 5.82. The lowest BCUT2D eigenvalue weighted by molar-refractivity contribution is 0.0497. The van der Waals surface area contributed by atoms with Crippen LogP contribution < -0.4 is 16.5 Å². The fourth-order valence-electron chi connectivity index (χ4n) is 4.50. The summed E-state index contributed by atoms with van der Waals surface area (Å²) in [6.07, 6.45) is 6.49. The Morgan fingerprint density at radius 2 is 2.00 bits per heavy atom. The molecule has 2 heterocycles. The van der Waals surface area contributed by atoms with E-state index >= 15 is 0 Å². The van der Waals surface area contributed by atoms with Crippen LogP contribution in [0.4, 0.5) is 11.4 Å². The lowest BCUT2D eigenvalue weighted by Gasteiger charge is -2.38. The van der Waals surface area contributed by atoms with Gasteiger partial charge in [-0.1, -0.05) is 30.3 Å². The number of rotatable bonds is 3. The zero-order chi connectivity index (χ0) is 18.3. The highest BCUT2D eigenvalue weighted by molar-refractivity contribution is 5.76. The van der Waals surface area contributed by atoms with E-state index in [0.29, 0.717) is 5.92 Å². The maximum Gasteiger partial charge on any atom is 0.112 e. The molecule has 5 rings (SSSR count). The lowest BCUT2D eigenvalue weighted by atomic mass is 9.84. The molecule has 27 heavy (non-hydrogen) atoms. The first-order chi connectivity index (χ1) is 13.2. The molecule has 2 atom stereocenters. The SMILES string of the molecule is N[C@]1(C2CCc3ccccc32)C=Cc2cc(NN3CCOCC3)ccc2N1. The van der Waals surface area contributed by atoms with Crippen molar-refractivity contribution in [2.24, 2.45) is 5.73 Å². The highest BCUT2D eigenvalue weighted by Crippen LogP contribution is 2.43. The zero-order valence-electron chi connectivity index (χ0n) is 15.4. The van der Waals surface area contributed by atoms with Crippen molar-refractivity contribution in [1.82, 2.24) is 5.01 Å². The molecule has 3 aliphatic rings. The fourth-order valence-corrected chi connectivity index (χ4v) is 4.50. The summed E-state index contributed by atoms with van der Waals surface area (Å²) in [5.74, 6) is 0.296. The molecule has 140 valence electrons. The van der Waals surface area contributed by atoms with Crippen molar-refractivity contribution in [3.63, 3.8) is 0 Å². The number of aryl methyl sites for hydroxylation is 1. The highest BCUT2D eigenvalue weighted by atomic mass is 16.5. The van der Waals surface area contributed by atoms with Crippen molar-refractivity contribution >= 4 is 17.5 Å². The summed E-state index contributed by atoms with van der Waals surface area (Å²) in [4.78, 5) is 0. The second-order valence-corrected chi connectivity index (χ2v) is 7.69. The number of nitrogens with one attached hydrogen (secondary N) is 2. The summed E-state index contributed by atoms with van der Waals surface area (Å²) in [5.41, 5.74) is 15.9. The highest BCUT2D eigenvalue weighted by Gasteiger charge is 2.39. The van der Waals surface area contributed by atoms with Gasteiger partial charge in [-0.3, -0.25) is 0 Å². The van der Waals surface area contributed by atoms with Crippen LogP contribution in [-0.4, -0.2) is 37.0 Å². The van der Waals surface area contributed by atoms with Gasteiger partial charge in [-0.15, -0.1) is 0 Å². The van der Waals surface area contributed by atoms with E-state index in [-0.39, 0.29) is 0 Å². The minimum Gasteiger partial charge on any atom is -0.379 e. The van der Waals surface area contributed by atoms with Gasteiger partial charge >= 0.3 is 0 Å². The molecule has 0 bridgehead atoms. The van der Waals surface area contributed by atoms with Crippen molar-refractivity contribution in [3.05, 3.63) is 65.2 Å². The number of nitrogens with zero attached hydrogens (tertiary/aromatic N) is 1. The second kappa shape index (κ2) is 6.68. The average molecular weight is 362 g/mol. The number of hydrogen-bond donors (Lipinski definition) is 3. The molecule has 1 saturated heterocycles. The van der Waals surface area contributed by atoms with E-state index in [1.165, 1.54) is 16.7 Å². The first-order valence-electron chi connectivity index (χ1n) is 9.79. The molecule has 1 aliphatic carbocycles. The maximum atomic E-state index is 6.85. The molecule has 0 aromatic heterocycles. The van der Waals surface area contributed by atoms with Crippen LogP contribution in [0.15, 0.2) is 48.5 Å². The summed E-state index contributed by atoms with van der Waals surface area (Å²) < 4.78 is 5.41. The Bertz CT molecular complexity index is 874. The first-order valence-corrected chi connectivity index (χ1v) is 9.79. The Hall–Kier alpha value is -2.34. The number of hydrogen-bond acceptors (Lipinski definition) is 5. The smallest absolute Gasteiger partial charge is 0.112 e. The third kappa shape index (κ3) is 3.12. The minimum absolute atomic E-state index is 0.296. The summed E-state index contributed by atoms with van der Waals surface area (Å²) in [6, 6.07) is 15.1. The standard InChI is InChI=1S/C22H26N4O/c23-22(20-7-5-16-3-1-2-4-19(16)20)10-9-17-15-18(6-8-21(17)24-22)25-26-11-13-27-14-12-26/h1-4,6,8-10,15,20,24-25H,5,7,11-14,23H2/t20?,22-/m1/s1. The van der Waals surface area contributed by atoms with Crippen molar-refractivity contribution in [2.75, 3.05) is 37.0 Å². The van der Waals surface area contributed by atoms with Crippen molar-refractivity contribution in [3.8, 4) is 0 Å². The third-order valence-electron chi connectivity index (χ3n) is 5.95. The van der Waals surface area contributed by atoms with E-state index in [1.54, 1.807) is 0 Å². The Balaban J connectivity index is 1.37. The third-order valence-corrected chi connectivity index (χ3v) is 5.95. The lowest BCUT2D eigenvalue weighted by Crippen LogP contribution is -2.51. The molecule has 5 heteroatoms. The quantitative estimate of drug-likeness (QED) is 0.783. The van der Waals surface area contributed by atoms with Crippen molar-refractivity contribution in [1.29, 1.82) is 0 Å². The molecular weight excluding hydrogens is 336 g/mol. The van der Waals surface area contributed by atoms with Crippen molar-refractivity contribution < 1.29 is 4.74 Å². The average Bonchev–Trinajstić information content (AvgIpc) is 3.14. The monoisotopic (exact) mass is 362 g/mol. The van der Waals surface area contributed by atoms with Gasteiger partial charge in [-0.05, 0) is 53.8 Å². The number of anilines is 2. The van der Waals surface area contributed by atoms with Gasteiger partial charge in [0.25, 0.3) is 0 Å². The number of fused-ring (bicyclic) bond motifs is 2. The molecule has 4 N–H and O–H groups in total. The number of nitrogens with two attached hydrogens (primary N) is 1. The second-order valence-electron chi connectivity index (χ2n) is 7.69. The molecule has 0 saturated carbocycles. The molecule has 1 fully saturated rings. The minimum atomic E-state index is -0.543. The number of morpholine rings is 1. The molecule has 5 nitrogen and oxygen atoms in total. The van der Waals surface area contributed by atoms with Crippen LogP contribution in [0.1, 0.15) is 29.0 Å². The summed E-state index contributed by atoms with van der Waals surface area (Å²) >= 11 is 0. The van der Waals surface area contributed by atoms with Crippen LogP contribution in [0.2, 0.25) is 0 Å². The van der Waals surface area contributed by atoms with Crippen LogP contribution in [0, 0.1) is 0 Å². The van der Waals surface area contributed by atoms with Crippen LogP contribution >= 0.6 is 0 Å². The molecule has 2 aromatic rings. The number of benzene rings is 2. The number of hydrazine groups is 1.